The van der Waals surface area contributed by atoms with Gasteiger partial charge in [-0.3, -0.25) is 0 Å². The molecule has 1 heterocycles. The van der Waals surface area contributed by atoms with Gasteiger partial charge in [-0.15, -0.1) is 0 Å². The lowest BCUT2D eigenvalue weighted by atomic mass is 10.3. The standard InChI is InChI=1S/C13H12ClNO3/c1-17-13(16)9-6-12(18-8-9)7-15-11-4-2-10(14)3-5-11/h2-6,8,15H,7H2,1H3. The van der Waals surface area contributed by atoms with Gasteiger partial charge in [0.2, 0.25) is 0 Å². The molecule has 18 heavy (non-hydrogen) atoms. The van der Waals surface area contributed by atoms with Crippen LogP contribution in [0.2, 0.25) is 5.02 Å². The van der Waals surface area contributed by atoms with Crippen LogP contribution in [0.3, 0.4) is 0 Å². The molecule has 1 aromatic heterocycles. The van der Waals surface area contributed by atoms with E-state index in [9.17, 15) is 4.79 Å². The number of carbonyl (C=O) groups is 1. The van der Waals surface area contributed by atoms with Crippen LogP contribution in [0, 0.1) is 0 Å². The Labute approximate surface area is 110 Å². The molecule has 1 aromatic carbocycles. The van der Waals surface area contributed by atoms with E-state index in [1.54, 1.807) is 18.2 Å². The van der Waals surface area contributed by atoms with E-state index < -0.39 is 5.97 Å². The summed E-state index contributed by atoms with van der Waals surface area (Å²) in [4.78, 5) is 11.2. The molecule has 2 rings (SSSR count). The van der Waals surface area contributed by atoms with Crippen molar-refractivity contribution < 1.29 is 13.9 Å². The zero-order valence-electron chi connectivity index (χ0n) is 9.77. The van der Waals surface area contributed by atoms with Crippen molar-refractivity contribution in [1.82, 2.24) is 0 Å². The van der Waals surface area contributed by atoms with Gasteiger partial charge in [0.05, 0.1) is 19.2 Å². The van der Waals surface area contributed by atoms with Crippen molar-refractivity contribution in [3.8, 4) is 0 Å². The summed E-state index contributed by atoms with van der Waals surface area (Å²) in [6.45, 7) is 0.485. The zero-order valence-corrected chi connectivity index (χ0v) is 10.5. The van der Waals surface area contributed by atoms with Gasteiger partial charge in [0.15, 0.2) is 0 Å². The maximum absolute atomic E-state index is 11.2. The van der Waals surface area contributed by atoms with Crippen LogP contribution < -0.4 is 5.32 Å². The van der Waals surface area contributed by atoms with Crippen LogP contribution in [-0.2, 0) is 11.3 Å². The van der Waals surface area contributed by atoms with Crippen LogP contribution in [0.1, 0.15) is 16.1 Å². The zero-order chi connectivity index (χ0) is 13.0. The van der Waals surface area contributed by atoms with Crippen molar-refractivity contribution in [2.45, 2.75) is 6.54 Å². The average molecular weight is 266 g/mol. The second kappa shape index (κ2) is 5.60. The predicted octanol–water partition coefficient (Wildman–Crippen LogP) is 3.33. The summed E-state index contributed by atoms with van der Waals surface area (Å²) < 4.78 is 9.84. The molecule has 0 atom stereocenters. The highest BCUT2D eigenvalue weighted by Crippen LogP contribution is 2.15. The summed E-state index contributed by atoms with van der Waals surface area (Å²) in [6, 6.07) is 8.98. The topological polar surface area (TPSA) is 51.5 Å². The van der Waals surface area contributed by atoms with Crippen LogP contribution in [0.25, 0.3) is 0 Å². The van der Waals surface area contributed by atoms with Gasteiger partial charge in [-0.1, -0.05) is 11.6 Å². The number of benzene rings is 1. The molecular formula is C13H12ClNO3. The maximum atomic E-state index is 11.2. The molecule has 0 saturated heterocycles. The Kier molecular flexibility index (Phi) is 3.89. The summed E-state index contributed by atoms with van der Waals surface area (Å²) in [6.07, 6.45) is 1.38. The molecule has 0 unspecified atom stereocenters. The molecule has 5 heteroatoms. The highest BCUT2D eigenvalue weighted by atomic mass is 35.5. The van der Waals surface area contributed by atoms with Crippen LogP contribution in [0.15, 0.2) is 41.0 Å². The molecule has 0 aliphatic rings. The quantitative estimate of drug-likeness (QED) is 0.862. The molecule has 1 N–H and O–H groups in total. The normalized spacial score (nSPS) is 10.1. The Balaban J connectivity index is 1.96. The number of furan rings is 1. The first-order valence-corrected chi connectivity index (χ1v) is 5.72. The molecule has 4 nitrogen and oxygen atoms in total. The van der Waals surface area contributed by atoms with E-state index in [-0.39, 0.29) is 0 Å². The van der Waals surface area contributed by atoms with Crippen molar-refractivity contribution in [3.05, 3.63) is 52.9 Å². The number of carbonyl (C=O) groups excluding carboxylic acids is 1. The van der Waals surface area contributed by atoms with Gasteiger partial charge < -0.3 is 14.5 Å². The molecule has 0 bridgehead atoms. The lowest BCUT2D eigenvalue weighted by Gasteiger charge is -2.03. The lowest BCUT2D eigenvalue weighted by molar-refractivity contribution is 0.0600. The van der Waals surface area contributed by atoms with E-state index in [4.69, 9.17) is 16.0 Å². The van der Waals surface area contributed by atoms with Gasteiger partial charge in [0.1, 0.15) is 12.0 Å². The maximum Gasteiger partial charge on any atom is 0.341 e. The number of anilines is 1. The molecular weight excluding hydrogens is 254 g/mol. The number of ether oxygens (including phenoxy) is 1. The fourth-order valence-electron chi connectivity index (χ4n) is 1.46. The monoisotopic (exact) mass is 265 g/mol. The van der Waals surface area contributed by atoms with Crippen molar-refractivity contribution in [1.29, 1.82) is 0 Å². The number of hydrogen-bond acceptors (Lipinski definition) is 4. The van der Waals surface area contributed by atoms with Gasteiger partial charge in [-0.2, -0.15) is 0 Å². The van der Waals surface area contributed by atoms with E-state index in [1.807, 2.05) is 12.1 Å². The summed E-state index contributed by atoms with van der Waals surface area (Å²) in [7, 11) is 1.33. The SMILES string of the molecule is COC(=O)c1coc(CNc2ccc(Cl)cc2)c1. The summed E-state index contributed by atoms with van der Waals surface area (Å²) in [5.74, 6) is 0.252. The predicted molar refractivity (Wildman–Crippen MR) is 68.8 cm³/mol. The molecule has 0 saturated carbocycles. The third-order valence-corrected chi connectivity index (χ3v) is 2.64. The fraction of sp³-hybridized carbons (Fsp3) is 0.154. The molecule has 0 aliphatic heterocycles. The van der Waals surface area contributed by atoms with E-state index in [1.165, 1.54) is 13.4 Å². The van der Waals surface area contributed by atoms with Crippen molar-refractivity contribution in [2.75, 3.05) is 12.4 Å². The van der Waals surface area contributed by atoms with Crippen molar-refractivity contribution >= 4 is 23.3 Å². The number of hydrogen-bond donors (Lipinski definition) is 1. The van der Waals surface area contributed by atoms with Crippen molar-refractivity contribution in [2.24, 2.45) is 0 Å². The first kappa shape index (κ1) is 12.5. The minimum Gasteiger partial charge on any atom is -0.467 e. The van der Waals surface area contributed by atoms with E-state index in [0.717, 1.165) is 5.69 Å². The van der Waals surface area contributed by atoms with Gasteiger partial charge in [-0.05, 0) is 30.3 Å². The highest BCUT2D eigenvalue weighted by Gasteiger charge is 2.09. The Hall–Kier alpha value is -1.94. The van der Waals surface area contributed by atoms with Crippen LogP contribution in [-0.4, -0.2) is 13.1 Å². The van der Waals surface area contributed by atoms with Gasteiger partial charge >= 0.3 is 5.97 Å². The van der Waals surface area contributed by atoms with Crippen LogP contribution in [0.4, 0.5) is 5.69 Å². The number of halogens is 1. The molecule has 0 amide bonds. The molecule has 0 spiro atoms. The molecule has 94 valence electrons. The van der Waals surface area contributed by atoms with Gasteiger partial charge in [-0.25, -0.2) is 4.79 Å². The summed E-state index contributed by atoms with van der Waals surface area (Å²) in [5.41, 5.74) is 1.33. The largest absolute Gasteiger partial charge is 0.467 e. The Morgan fingerprint density at radius 2 is 2.11 bits per heavy atom. The second-order valence-electron chi connectivity index (χ2n) is 3.65. The first-order chi connectivity index (χ1) is 8.69. The second-order valence-corrected chi connectivity index (χ2v) is 4.09. The highest BCUT2D eigenvalue weighted by molar-refractivity contribution is 6.30. The number of methoxy groups -OCH3 is 1. The van der Waals surface area contributed by atoms with Crippen LogP contribution >= 0.6 is 11.6 Å². The van der Waals surface area contributed by atoms with E-state index >= 15 is 0 Å². The first-order valence-electron chi connectivity index (χ1n) is 5.34. The number of nitrogens with one attached hydrogen (secondary N) is 1. The number of rotatable bonds is 4. The van der Waals surface area contributed by atoms with Gasteiger partial charge in [0.25, 0.3) is 0 Å². The van der Waals surface area contributed by atoms with Crippen molar-refractivity contribution in [3.63, 3.8) is 0 Å². The van der Waals surface area contributed by atoms with E-state index in [0.29, 0.717) is 22.9 Å². The Bertz CT molecular complexity index is 533. The third kappa shape index (κ3) is 3.05. The molecule has 0 fully saturated rings. The van der Waals surface area contributed by atoms with E-state index in [2.05, 4.69) is 10.1 Å². The summed E-state index contributed by atoms with van der Waals surface area (Å²) in [5, 5.41) is 3.84. The number of esters is 1. The fourth-order valence-corrected chi connectivity index (χ4v) is 1.58. The Morgan fingerprint density at radius 3 is 2.78 bits per heavy atom. The smallest absolute Gasteiger partial charge is 0.341 e. The molecule has 2 aromatic rings. The molecule has 0 radical (unpaired) electrons. The molecule has 0 aliphatic carbocycles. The minimum atomic E-state index is -0.406. The minimum absolute atomic E-state index is 0.406. The lowest BCUT2D eigenvalue weighted by Crippen LogP contribution is -2.00. The summed E-state index contributed by atoms with van der Waals surface area (Å²) >= 11 is 5.79. The van der Waals surface area contributed by atoms with Gasteiger partial charge in [0, 0.05) is 10.7 Å². The Morgan fingerprint density at radius 1 is 1.39 bits per heavy atom. The third-order valence-electron chi connectivity index (χ3n) is 2.39. The van der Waals surface area contributed by atoms with Crippen LogP contribution in [0.5, 0.6) is 0 Å². The average Bonchev–Trinajstić information content (AvgIpc) is 2.86.